The predicted octanol–water partition coefficient (Wildman–Crippen LogP) is 18.7. The van der Waals surface area contributed by atoms with Crippen molar-refractivity contribution in [2.75, 3.05) is 0 Å². The van der Waals surface area contributed by atoms with Gasteiger partial charge in [-0.3, -0.25) is 19.2 Å². The summed E-state index contributed by atoms with van der Waals surface area (Å²) in [5.74, 6) is -0.969. The zero-order chi connectivity index (χ0) is 92.3. The van der Waals surface area contributed by atoms with Crippen molar-refractivity contribution >= 4 is 127 Å². The van der Waals surface area contributed by atoms with Crippen molar-refractivity contribution in [2.24, 2.45) is 0 Å². The molecule has 124 heavy (non-hydrogen) atoms. The molecular weight excluding hydrogens is 1640 g/mol. The predicted molar refractivity (Wildman–Crippen MR) is 469 cm³/mol. The first-order chi connectivity index (χ1) is 57.3. The maximum Gasteiger partial charge on any atom is 0.408 e. The average Bonchev–Trinajstić information content (AvgIpc) is 0.749. The Morgan fingerprint density at radius 2 is 0.476 bits per heavy atom. The summed E-state index contributed by atoms with van der Waals surface area (Å²) >= 11 is 11.4. The molecule has 0 aromatic heterocycles. The van der Waals surface area contributed by atoms with E-state index in [4.69, 9.17) is 89.9 Å². The molecule has 668 valence electrons. The van der Waals surface area contributed by atoms with Crippen LogP contribution in [0.1, 0.15) is 228 Å². The standard InChI is InChI=1S/2C26H33NO7.2C21H24ClNO5/c1-15(28)31-21-18-13-14-25(5,6)33-19(18)16-11-9-10-12-17(16)20(21)32-22(29)26(7,8)27-23(30)34-24(2,3)4;1-15(28)31-20-17-12-10-9-11-16(17)19-18(13-14-25(5,6)33-19)21(20)32-22(29)26(7,8)27-23(30)34-24(2,3)4;1-12(24)26-18-15-10-11-20(2,3)28-16(15)13-8-6-7-9-14(13)17(18)27-19(25)21(4,5)23-22;1-12(24)26-17-14-9-7-6-8-13(14)16-15(10-11-20(2,3)28-16)18(17)27-19(25)21(4,5)23-22/h2*9-12H,13-14H2,1-8H3,(H,27,30);2*6-9,23H,10-11H2,1-5H3. The number of halogens is 2. The molecule has 2 amide bonds. The van der Waals surface area contributed by atoms with E-state index in [2.05, 4.69) is 20.3 Å². The zero-order valence-corrected chi connectivity index (χ0v) is 77.0. The fraction of sp³-hybridized carbons (Fsp3) is 0.468. The van der Waals surface area contributed by atoms with Gasteiger partial charge in [0.1, 0.15) is 78.8 Å². The van der Waals surface area contributed by atoms with Crippen LogP contribution in [0.4, 0.5) is 9.59 Å². The van der Waals surface area contributed by atoms with Crippen molar-refractivity contribution in [3.05, 3.63) is 119 Å². The van der Waals surface area contributed by atoms with Crippen LogP contribution >= 0.6 is 23.6 Å². The maximum absolute atomic E-state index is 13.2. The van der Waals surface area contributed by atoms with Crippen molar-refractivity contribution in [1.82, 2.24) is 20.3 Å². The van der Waals surface area contributed by atoms with Gasteiger partial charge in [-0.05, 0) is 227 Å². The molecule has 30 heteroatoms. The lowest BCUT2D eigenvalue weighted by atomic mass is 9.91. The van der Waals surface area contributed by atoms with Crippen LogP contribution in [0.2, 0.25) is 0 Å². The first-order valence-corrected chi connectivity index (χ1v) is 41.5. The summed E-state index contributed by atoms with van der Waals surface area (Å²) in [6.07, 6.45) is 3.66. The van der Waals surface area contributed by atoms with Gasteiger partial charge in [0.25, 0.3) is 0 Å². The minimum Gasteiger partial charge on any atom is -0.487 e. The molecule has 28 nitrogen and oxygen atoms in total. The third kappa shape index (κ3) is 23.4. The molecular formula is C94H114Cl2N4O24. The number of esters is 8. The van der Waals surface area contributed by atoms with E-state index in [1.54, 1.807) is 106 Å². The number of carbonyl (C=O) groups excluding carboxylic acids is 10. The monoisotopic (exact) mass is 1750 g/mol. The molecule has 0 bridgehead atoms. The van der Waals surface area contributed by atoms with Gasteiger partial charge in [0.05, 0.1) is 0 Å². The Bertz CT molecular complexity index is 5530. The molecule has 4 aliphatic rings. The molecule has 0 aliphatic carbocycles. The van der Waals surface area contributed by atoms with E-state index in [0.29, 0.717) is 105 Å². The van der Waals surface area contributed by atoms with Crippen LogP contribution in [0, 0.1) is 0 Å². The third-order valence-corrected chi connectivity index (χ3v) is 21.0. The van der Waals surface area contributed by atoms with Gasteiger partial charge in [-0.2, -0.15) is 0 Å². The van der Waals surface area contributed by atoms with Crippen LogP contribution in [-0.4, -0.2) is 116 Å². The van der Waals surface area contributed by atoms with Gasteiger partial charge in [0.15, 0.2) is 46.0 Å². The first-order valence-electron chi connectivity index (χ1n) is 40.8. The molecule has 4 N–H and O–H groups in total. The smallest absolute Gasteiger partial charge is 0.408 e. The van der Waals surface area contributed by atoms with Crippen molar-refractivity contribution in [3.63, 3.8) is 0 Å². The molecule has 0 atom stereocenters. The van der Waals surface area contributed by atoms with E-state index in [9.17, 15) is 47.9 Å². The van der Waals surface area contributed by atoms with Gasteiger partial charge in [0, 0.05) is 93.0 Å². The van der Waals surface area contributed by atoms with Gasteiger partial charge in [0.2, 0.25) is 0 Å². The highest BCUT2D eigenvalue weighted by molar-refractivity contribution is 6.16. The van der Waals surface area contributed by atoms with Crippen molar-refractivity contribution in [2.45, 2.75) is 287 Å². The molecule has 0 fully saturated rings. The highest BCUT2D eigenvalue weighted by atomic mass is 35.5. The molecule has 4 heterocycles. The molecule has 4 aliphatic heterocycles. The van der Waals surface area contributed by atoms with Crippen molar-refractivity contribution in [1.29, 1.82) is 0 Å². The fourth-order valence-electron chi connectivity index (χ4n) is 13.6. The second-order valence-electron chi connectivity index (χ2n) is 37.4. The summed E-state index contributed by atoms with van der Waals surface area (Å²) in [5, 5.41) is 10.6. The van der Waals surface area contributed by atoms with E-state index in [1.807, 2.05) is 116 Å². The van der Waals surface area contributed by atoms with Gasteiger partial charge < -0.3 is 76.9 Å². The number of nitrogens with one attached hydrogen (secondary N) is 4. The fourth-order valence-corrected chi connectivity index (χ4v) is 13.7. The third-order valence-electron chi connectivity index (χ3n) is 20.0. The van der Waals surface area contributed by atoms with Crippen molar-refractivity contribution in [3.8, 4) is 69.0 Å². The Hall–Kier alpha value is -11.2. The van der Waals surface area contributed by atoms with Crippen LogP contribution in [0.15, 0.2) is 97.1 Å². The van der Waals surface area contributed by atoms with E-state index in [0.717, 1.165) is 34.4 Å². The van der Waals surface area contributed by atoms with Gasteiger partial charge >= 0.3 is 59.9 Å². The Morgan fingerprint density at radius 3 is 0.685 bits per heavy atom. The Labute approximate surface area is 732 Å². The topological polar surface area (TPSA) is 348 Å². The zero-order valence-electron chi connectivity index (χ0n) is 75.4. The SMILES string of the molecule is CC(=O)Oc1c(OC(=O)C(C)(C)NC(=O)OC(C)(C)C)c2c(c3ccccc13)OC(C)(C)CC2.CC(=O)Oc1c(OC(=O)C(C)(C)NCl)c2c(c3ccccc13)OC(C)(C)CC2.CC(=O)Oc1c2c(c3ccccc3c1OC(=O)C(C)(C)NC(=O)OC(C)(C)C)OC(C)(C)CC2.CC(=O)Oc1c2c(c3ccccc3c1OC(=O)C(C)(C)NCl)OC(C)(C)CC2. The number of carbonyl (C=O) groups is 10. The highest BCUT2D eigenvalue weighted by Crippen LogP contribution is 2.55. The number of amides is 2. The largest absolute Gasteiger partial charge is 0.487 e. The Balaban J connectivity index is 0.000000188. The molecule has 0 saturated heterocycles. The summed E-state index contributed by atoms with van der Waals surface area (Å²) in [6, 6.07) is 29.4. The van der Waals surface area contributed by atoms with Gasteiger partial charge in [-0.15, -0.1) is 0 Å². The van der Waals surface area contributed by atoms with E-state index < -0.39 is 105 Å². The molecule has 12 rings (SSSR count). The maximum atomic E-state index is 13.2. The molecule has 0 unspecified atom stereocenters. The van der Waals surface area contributed by atoms with Crippen LogP contribution in [0.5, 0.6) is 69.0 Å². The number of hydrogen-bond acceptors (Lipinski definition) is 26. The summed E-state index contributed by atoms with van der Waals surface area (Å²) < 4.78 is 80.9. The van der Waals surface area contributed by atoms with Crippen molar-refractivity contribution < 1.29 is 114 Å². The van der Waals surface area contributed by atoms with Gasteiger partial charge in [-0.25, -0.2) is 38.4 Å². The number of hydrogen-bond donors (Lipinski definition) is 4. The highest BCUT2D eigenvalue weighted by Gasteiger charge is 2.44. The number of benzene rings is 8. The Kier molecular flexibility index (Phi) is 28.8. The number of fused-ring (bicyclic) bond motifs is 12. The molecule has 0 saturated carbocycles. The lowest BCUT2D eigenvalue weighted by molar-refractivity contribution is -0.141. The molecule has 8 aromatic rings. The summed E-state index contributed by atoms with van der Waals surface area (Å²) in [5.41, 5.74) is -5.41. The quantitative estimate of drug-likeness (QED) is 0.0396. The van der Waals surface area contributed by atoms with E-state index in [1.165, 1.54) is 55.4 Å². The number of alkyl carbamates (subject to hydrolysis) is 2. The van der Waals surface area contributed by atoms with Gasteiger partial charge in [-0.1, -0.05) is 97.1 Å². The first kappa shape index (κ1) is 96.6. The normalized spacial score (nSPS) is 15.3. The lowest BCUT2D eigenvalue weighted by Gasteiger charge is -2.35. The second-order valence-corrected chi connectivity index (χ2v) is 37.7. The molecule has 8 aromatic carbocycles. The average molecular weight is 1750 g/mol. The second kappa shape index (κ2) is 36.9. The summed E-state index contributed by atoms with van der Waals surface area (Å²) in [6.45, 7) is 44.0. The molecule has 0 radical (unpaired) electrons. The van der Waals surface area contributed by atoms with E-state index in [-0.39, 0.29) is 57.2 Å². The van der Waals surface area contributed by atoms with E-state index >= 15 is 0 Å². The number of rotatable bonds is 16. The van der Waals surface area contributed by atoms with Crippen LogP contribution < -0.4 is 77.1 Å². The summed E-state index contributed by atoms with van der Waals surface area (Å²) in [7, 11) is 0. The number of ether oxygens (including phenoxy) is 14. The Morgan fingerprint density at radius 1 is 0.290 bits per heavy atom. The molecule has 0 spiro atoms. The minimum absolute atomic E-state index is 0.108. The summed E-state index contributed by atoms with van der Waals surface area (Å²) in [4.78, 5) is 129. The van der Waals surface area contributed by atoms with Crippen LogP contribution in [0.3, 0.4) is 0 Å². The lowest BCUT2D eigenvalue weighted by Crippen LogP contribution is -2.53. The van der Waals surface area contributed by atoms with Crippen LogP contribution in [-0.2, 0) is 73.5 Å². The minimum atomic E-state index is -1.43. The van der Waals surface area contributed by atoms with Crippen LogP contribution in [0.25, 0.3) is 43.1 Å².